The van der Waals surface area contributed by atoms with Gasteiger partial charge in [-0.15, -0.1) is 0 Å². The Morgan fingerprint density at radius 3 is 2.46 bits per heavy atom. The minimum atomic E-state index is -2.04. The van der Waals surface area contributed by atoms with Crippen LogP contribution in [0.4, 0.5) is 5.82 Å². The average Bonchev–Trinajstić information content (AvgIpc) is 2.81. The summed E-state index contributed by atoms with van der Waals surface area (Å²) >= 11 is 0. The molecule has 5 N–H and O–H groups in total. The maximum Gasteiger partial charge on any atom is 0.351 e. The second-order valence-corrected chi connectivity index (χ2v) is 12.9. The number of ether oxygens (including phenoxy) is 1. The second kappa shape index (κ2) is 7.37. The minimum absolute atomic E-state index is 0.00680. The summed E-state index contributed by atoms with van der Waals surface area (Å²) in [5.74, 6) is 0.0525. The van der Waals surface area contributed by atoms with Crippen LogP contribution in [-0.2, 0) is 15.8 Å². The van der Waals surface area contributed by atoms with Gasteiger partial charge < -0.3 is 30.2 Å². The number of aromatic nitrogens is 2. The monoisotopic (exact) mass is 387 g/mol. The van der Waals surface area contributed by atoms with Crippen LogP contribution in [0.1, 0.15) is 32.6 Å². The van der Waals surface area contributed by atoms with E-state index in [4.69, 9.17) is 14.9 Å². The molecule has 26 heavy (non-hydrogen) atoms. The van der Waals surface area contributed by atoms with Crippen LogP contribution in [0.2, 0.25) is 18.1 Å². The Kier molecular flexibility index (Phi) is 5.95. The SMILES string of the molecule is CC(C)(C)[Si](C)(C)OCc1cn([C@@H]2O[C@H](CO)C(O)C2O)c(=O)nc1N. The first kappa shape index (κ1) is 21.0. The summed E-state index contributed by atoms with van der Waals surface area (Å²) in [6.45, 7) is 10.2. The van der Waals surface area contributed by atoms with E-state index in [1.807, 2.05) is 0 Å². The number of anilines is 1. The Labute approximate surface area is 153 Å². The molecule has 4 atom stereocenters. The molecular formula is C16H29N3O6Si. The fourth-order valence-corrected chi connectivity index (χ4v) is 3.35. The zero-order chi connectivity index (χ0) is 19.9. The molecule has 1 aliphatic rings. The van der Waals surface area contributed by atoms with Gasteiger partial charge >= 0.3 is 5.69 Å². The molecule has 0 aromatic carbocycles. The lowest BCUT2D eigenvalue weighted by atomic mass is 10.1. The molecule has 1 aromatic rings. The standard InChI is InChI=1S/C16H29N3O6Si/c1-16(2,3)26(4,5)24-8-9-6-19(15(23)18-13(9)17)14-12(22)11(21)10(7-20)25-14/h6,10-12,14,20-22H,7-8H2,1-5H3,(H2,17,18,23)/t10-,11?,12?,14-/m1/s1. The molecule has 0 aliphatic carbocycles. The molecule has 1 fully saturated rings. The highest BCUT2D eigenvalue weighted by Gasteiger charge is 2.44. The number of rotatable bonds is 5. The van der Waals surface area contributed by atoms with Crippen LogP contribution in [0.3, 0.4) is 0 Å². The Morgan fingerprint density at radius 2 is 1.96 bits per heavy atom. The molecule has 0 bridgehead atoms. The molecule has 2 heterocycles. The van der Waals surface area contributed by atoms with E-state index in [0.717, 1.165) is 4.57 Å². The van der Waals surface area contributed by atoms with E-state index in [-0.39, 0.29) is 17.5 Å². The van der Waals surface area contributed by atoms with E-state index in [1.54, 1.807) is 0 Å². The summed E-state index contributed by atoms with van der Waals surface area (Å²) < 4.78 is 12.6. The normalized spacial score (nSPS) is 27.1. The molecule has 148 valence electrons. The Morgan fingerprint density at radius 1 is 1.35 bits per heavy atom. The smallest absolute Gasteiger partial charge is 0.351 e. The number of aliphatic hydroxyl groups excluding tert-OH is 3. The van der Waals surface area contributed by atoms with Crippen molar-refractivity contribution in [2.45, 2.75) is 70.1 Å². The molecule has 1 aliphatic heterocycles. The van der Waals surface area contributed by atoms with Gasteiger partial charge in [0.15, 0.2) is 14.5 Å². The summed E-state index contributed by atoms with van der Waals surface area (Å²) in [5, 5.41) is 29.2. The van der Waals surface area contributed by atoms with Crippen molar-refractivity contribution in [3.63, 3.8) is 0 Å². The highest BCUT2D eigenvalue weighted by atomic mass is 28.4. The largest absolute Gasteiger partial charge is 0.412 e. The van der Waals surface area contributed by atoms with Crippen molar-refractivity contribution < 1.29 is 24.5 Å². The molecule has 2 unspecified atom stereocenters. The first-order valence-electron chi connectivity index (χ1n) is 8.53. The number of aliphatic hydroxyl groups is 3. The zero-order valence-electron chi connectivity index (χ0n) is 15.8. The maximum atomic E-state index is 12.2. The average molecular weight is 388 g/mol. The first-order chi connectivity index (χ1) is 11.9. The number of hydrogen-bond donors (Lipinski definition) is 4. The van der Waals surface area contributed by atoms with Gasteiger partial charge in [0.25, 0.3) is 0 Å². The lowest BCUT2D eigenvalue weighted by Gasteiger charge is -2.36. The number of nitrogens with zero attached hydrogens (tertiary/aromatic N) is 2. The fraction of sp³-hybridized carbons (Fsp3) is 0.750. The van der Waals surface area contributed by atoms with Gasteiger partial charge in [-0.25, -0.2) is 4.79 Å². The highest BCUT2D eigenvalue weighted by molar-refractivity contribution is 6.74. The van der Waals surface area contributed by atoms with Gasteiger partial charge in [-0.05, 0) is 18.1 Å². The molecule has 10 heteroatoms. The summed E-state index contributed by atoms with van der Waals surface area (Å²) in [7, 11) is -2.04. The van der Waals surface area contributed by atoms with E-state index >= 15 is 0 Å². The molecular weight excluding hydrogens is 358 g/mol. The van der Waals surface area contributed by atoms with Crippen molar-refractivity contribution in [1.29, 1.82) is 0 Å². The van der Waals surface area contributed by atoms with E-state index in [1.165, 1.54) is 6.20 Å². The molecule has 0 radical (unpaired) electrons. The third-order valence-electron chi connectivity index (χ3n) is 5.25. The molecule has 0 amide bonds. The first-order valence-corrected chi connectivity index (χ1v) is 11.4. The van der Waals surface area contributed by atoms with Crippen LogP contribution in [0, 0.1) is 0 Å². The van der Waals surface area contributed by atoms with Gasteiger partial charge in [-0.2, -0.15) is 4.98 Å². The van der Waals surface area contributed by atoms with Crippen molar-refractivity contribution >= 4 is 14.1 Å². The topological polar surface area (TPSA) is 140 Å². The maximum absolute atomic E-state index is 12.2. The van der Waals surface area contributed by atoms with Gasteiger partial charge in [0, 0.05) is 11.8 Å². The minimum Gasteiger partial charge on any atom is -0.412 e. The lowest BCUT2D eigenvalue weighted by Crippen LogP contribution is -2.41. The second-order valence-electron chi connectivity index (χ2n) is 8.12. The Hall–Kier alpha value is -1.30. The van der Waals surface area contributed by atoms with Gasteiger partial charge in [-0.1, -0.05) is 20.8 Å². The van der Waals surface area contributed by atoms with Crippen LogP contribution < -0.4 is 11.4 Å². The summed E-state index contributed by atoms with van der Waals surface area (Å²) in [5.41, 5.74) is 5.64. The number of hydrogen-bond acceptors (Lipinski definition) is 8. The summed E-state index contributed by atoms with van der Waals surface area (Å²) in [6.07, 6.45) is -3.38. The summed E-state index contributed by atoms with van der Waals surface area (Å²) in [4.78, 5) is 16.0. The molecule has 0 spiro atoms. The van der Waals surface area contributed by atoms with Crippen LogP contribution >= 0.6 is 0 Å². The van der Waals surface area contributed by atoms with Crippen LogP contribution in [0.5, 0.6) is 0 Å². The van der Waals surface area contributed by atoms with Crippen molar-refractivity contribution in [3.05, 3.63) is 22.2 Å². The number of nitrogen functional groups attached to an aromatic ring is 1. The van der Waals surface area contributed by atoms with Gasteiger partial charge in [-0.3, -0.25) is 4.57 Å². The van der Waals surface area contributed by atoms with Crippen molar-refractivity contribution in [2.75, 3.05) is 12.3 Å². The van der Waals surface area contributed by atoms with Crippen LogP contribution in [-0.4, -0.2) is 58.1 Å². The number of nitrogens with two attached hydrogens (primary N) is 1. The van der Waals surface area contributed by atoms with Crippen LogP contribution in [0.25, 0.3) is 0 Å². The van der Waals surface area contributed by atoms with Gasteiger partial charge in [0.1, 0.15) is 24.1 Å². The molecule has 1 aromatic heterocycles. The Balaban J connectivity index is 2.29. The molecule has 0 saturated carbocycles. The van der Waals surface area contributed by atoms with Crippen LogP contribution in [0.15, 0.2) is 11.0 Å². The molecule has 9 nitrogen and oxygen atoms in total. The third-order valence-corrected chi connectivity index (χ3v) is 9.73. The van der Waals surface area contributed by atoms with Crippen molar-refractivity contribution in [1.82, 2.24) is 9.55 Å². The highest BCUT2D eigenvalue weighted by Crippen LogP contribution is 2.37. The molecule has 2 rings (SSSR count). The van der Waals surface area contributed by atoms with E-state index in [2.05, 4.69) is 38.8 Å². The van der Waals surface area contributed by atoms with E-state index < -0.39 is 45.2 Å². The quantitative estimate of drug-likeness (QED) is 0.516. The Bertz CT molecular complexity index is 702. The lowest BCUT2D eigenvalue weighted by molar-refractivity contribution is -0.0551. The summed E-state index contributed by atoms with van der Waals surface area (Å²) in [6, 6.07) is 0. The molecule has 1 saturated heterocycles. The fourth-order valence-electron chi connectivity index (χ4n) is 2.40. The van der Waals surface area contributed by atoms with E-state index in [0.29, 0.717) is 5.56 Å². The third kappa shape index (κ3) is 4.00. The zero-order valence-corrected chi connectivity index (χ0v) is 16.8. The van der Waals surface area contributed by atoms with E-state index in [9.17, 15) is 20.1 Å². The van der Waals surface area contributed by atoms with Gasteiger partial charge in [0.05, 0.1) is 13.2 Å². The predicted molar refractivity (Wildman–Crippen MR) is 97.9 cm³/mol. The van der Waals surface area contributed by atoms with Crippen molar-refractivity contribution in [3.8, 4) is 0 Å². The van der Waals surface area contributed by atoms with Crippen molar-refractivity contribution in [2.24, 2.45) is 0 Å². The van der Waals surface area contributed by atoms with Gasteiger partial charge in [0.2, 0.25) is 0 Å². The predicted octanol–water partition coefficient (Wildman–Crippen LogP) is -0.0412.